The molecule has 5 nitrogen and oxygen atoms in total. The molecule has 0 radical (unpaired) electrons. The summed E-state index contributed by atoms with van der Waals surface area (Å²) < 4.78 is 0. The van der Waals surface area contributed by atoms with Crippen molar-refractivity contribution in [3.63, 3.8) is 0 Å². The van der Waals surface area contributed by atoms with Gasteiger partial charge in [0.25, 0.3) is 0 Å². The van der Waals surface area contributed by atoms with Crippen molar-refractivity contribution in [2.75, 3.05) is 24.5 Å². The molecule has 5 heteroatoms. The Bertz CT molecular complexity index is 619. The Balaban J connectivity index is 1.59. The third kappa shape index (κ3) is 2.97. The molecule has 0 spiro atoms. The molecule has 1 aliphatic carbocycles. The zero-order valence-electron chi connectivity index (χ0n) is 12.2. The van der Waals surface area contributed by atoms with Crippen molar-refractivity contribution in [3.8, 4) is 0 Å². The molecule has 1 unspecified atom stereocenters. The predicted octanol–water partition coefficient (Wildman–Crippen LogP) is 1.99. The smallest absolute Gasteiger partial charge is 0.180 e. The van der Waals surface area contributed by atoms with Crippen molar-refractivity contribution >= 4 is 17.0 Å². The van der Waals surface area contributed by atoms with E-state index in [1.165, 1.54) is 25.7 Å². The maximum Gasteiger partial charge on any atom is 0.180 e. The number of rotatable bonds is 5. The van der Waals surface area contributed by atoms with Crippen LogP contribution >= 0.6 is 0 Å². The van der Waals surface area contributed by atoms with E-state index < -0.39 is 0 Å². The summed E-state index contributed by atoms with van der Waals surface area (Å²) in [5, 5.41) is 3.59. The lowest BCUT2D eigenvalue weighted by molar-refractivity contribution is 0.567. The van der Waals surface area contributed by atoms with Gasteiger partial charge < -0.3 is 10.2 Å². The number of anilines is 1. The van der Waals surface area contributed by atoms with Gasteiger partial charge in [-0.25, -0.2) is 9.97 Å². The van der Waals surface area contributed by atoms with Gasteiger partial charge >= 0.3 is 0 Å². The maximum absolute atomic E-state index is 4.72. The average Bonchev–Trinajstić information content (AvgIpc) is 3.19. The molecule has 1 atom stereocenters. The van der Waals surface area contributed by atoms with Crippen LogP contribution in [0.25, 0.3) is 11.2 Å². The van der Waals surface area contributed by atoms with Crippen LogP contribution in [0.1, 0.15) is 25.7 Å². The molecular formula is C16H21N5. The van der Waals surface area contributed by atoms with Crippen LogP contribution in [0, 0.1) is 5.92 Å². The molecule has 21 heavy (non-hydrogen) atoms. The largest absolute Gasteiger partial charge is 0.355 e. The molecule has 110 valence electrons. The summed E-state index contributed by atoms with van der Waals surface area (Å²) in [4.78, 5) is 15.8. The quantitative estimate of drug-likeness (QED) is 0.909. The first-order chi connectivity index (χ1) is 10.4. The first-order valence-corrected chi connectivity index (χ1v) is 7.94. The highest BCUT2D eigenvalue weighted by Crippen LogP contribution is 2.31. The molecule has 1 saturated heterocycles. The fraction of sp³-hybridized carbons (Fsp3) is 0.562. The van der Waals surface area contributed by atoms with Crippen molar-refractivity contribution in [3.05, 3.63) is 24.5 Å². The van der Waals surface area contributed by atoms with Crippen LogP contribution in [0.15, 0.2) is 24.5 Å². The van der Waals surface area contributed by atoms with E-state index in [0.717, 1.165) is 42.5 Å². The van der Waals surface area contributed by atoms with Crippen molar-refractivity contribution in [1.82, 2.24) is 20.3 Å². The maximum atomic E-state index is 4.72. The number of aromatic nitrogens is 3. The fourth-order valence-electron chi connectivity index (χ4n) is 3.07. The van der Waals surface area contributed by atoms with E-state index in [0.29, 0.717) is 6.04 Å². The molecule has 1 saturated carbocycles. The van der Waals surface area contributed by atoms with Crippen molar-refractivity contribution in [2.24, 2.45) is 5.92 Å². The van der Waals surface area contributed by atoms with E-state index in [9.17, 15) is 0 Å². The molecule has 2 aliphatic rings. The Kier molecular flexibility index (Phi) is 3.43. The van der Waals surface area contributed by atoms with Gasteiger partial charge in [-0.3, -0.25) is 4.98 Å². The van der Waals surface area contributed by atoms with Crippen LogP contribution in [0.2, 0.25) is 0 Å². The lowest BCUT2D eigenvalue weighted by atomic mass is 10.2. The van der Waals surface area contributed by atoms with Gasteiger partial charge in [0.15, 0.2) is 5.65 Å². The molecule has 0 bridgehead atoms. The molecule has 1 aliphatic heterocycles. The minimum Gasteiger partial charge on any atom is -0.355 e. The second-order valence-electron chi connectivity index (χ2n) is 6.21. The van der Waals surface area contributed by atoms with Crippen molar-refractivity contribution in [2.45, 2.75) is 31.7 Å². The third-order valence-electron chi connectivity index (χ3n) is 4.42. The number of nitrogens with zero attached hydrogens (tertiary/aromatic N) is 4. The van der Waals surface area contributed by atoms with E-state index in [4.69, 9.17) is 4.98 Å². The molecular weight excluding hydrogens is 262 g/mol. The number of fused-ring (bicyclic) bond motifs is 1. The monoisotopic (exact) mass is 283 g/mol. The fourth-order valence-corrected chi connectivity index (χ4v) is 3.07. The molecule has 0 amide bonds. The van der Waals surface area contributed by atoms with E-state index in [1.54, 1.807) is 12.4 Å². The van der Waals surface area contributed by atoms with E-state index in [1.807, 2.05) is 6.07 Å². The third-order valence-corrected chi connectivity index (χ3v) is 4.42. The second kappa shape index (κ2) is 5.56. The molecule has 3 heterocycles. The number of nitrogens with one attached hydrogen (secondary N) is 1. The van der Waals surface area contributed by atoms with Crippen LogP contribution in [-0.2, 0) is 0 Å². The second-order valence-corrected chi connectivity index (χ2v) is 6.21. The van der Waals surface area contributed by atoms with Gasteiger partial charge in [-0.1, -0.05) is 0 Å². The summed E-state index contributed by atoms with van der Waals surface area (Å²) in [6.45, 7) is 3.32. The summed E-state index contributed by atoms with van der Waals surface area (Å²) in [6, 6.07) is 4.73. The summed E-state index contributed by atoms with van der Waals surface area (Å²) in [7, 11) is 0. The van der Waals surface area contributed by atoms with E-state index >= 15 is 0 Å². The number of hydrogen-bond donors (Lipinski definition) is 1. The minimum absolute atomic E-state index is 0.600. The Hall–Kier alpha value is -1.75. The first-order valence-electron chi connectivity index (χ1n) is 7.94. The molecule has 0 aromatic carbocycles. The lowest BCUT2D eigenvalue weighted by Crippen LogP contribution is -2.39. The Morgan fingerprint density at radius 2 is 2.00 bits per heavy atom. The van der Waals surface area contributed by atoms with Crippen LogP contribution < -0.4 is 10.2 Å². The van der Waals surface area contributed by atoms with Crippen LogP contribution in [0.4, 0.5) is 5.82 Å². The highest BCUT2D eigenvalue weighted by Gasteiger charge is 2.27. The molecule has 4 rings (SSSR count). The molecule has 1 N–H and O–H groups in total. The Morgan fingerprint density at radius 1 is 1.10 bits per heavy atom. The SMILES string of the molecule is c1cnc2nc(N(CC3CC3)CC3CCCN3)ccc2n1. The number of hydrogen-bond acceptors (Lipinski definition) is 5. The Labute approximate surface area is 124 Å². The highest BCUT2D eigenvalue weighted by molar-refractivity contribution is 5.71. The van der Waals surface area contributed by atoms with Gasteiger partial charge in [-0.05, 0) is 50.3 Å². The lowest BCUT2D eigenvalue weighted by Gasteiger charge is -2.27. The van der Waals surface area contributed by atoms with E-state index in [2.05, 4.69) is 26.3 Å². The normalized spacial score (nSPS) is 21.8. The Morgan fingerprint density at radius 3 is 2.81 bits per heavy atom. The summed E-state index contributed by atoms with van der Waals surface area (Å²) >= 11 is 0. The molecule has 2 aromatic rings. The average molecular weight is 283 g/mol. The highest BCUT2D eigenvalue weighted by atomic mass is 15.2. The van der Waals surface area contributed by atoms with Gasteiger partial charge in [-0.15, -0.1) is 0 Å². The molecule has 2 aromatic heterocycles. The summed E-state index contributed by atoms with van der Waals surface area (Å²) in [6.07, 6.45) is 8.72. The minimum atomic E-state index is 0.600. The molecule has 2 fully saturated rings. The summed E-state index contributed by atoms with van der Waals surface area (Å²) in [5.41, 5.74) is 1.61. The van der Waals surface area contributed by atoms with E-state index in [-0.39, 0.29) is 0 Å². The van der Waals surface area contributed by atoms with Gasteiger partial charge in [0.2, 0.25) is 0 Å². The zero-order chi connectivity index (χ0) is 14.1. The van der Waals surface area contributed by atoms with Gasteiger partial charge in [0, 0.05) is 31.5 Å². The zero-order valence-corrected chi connectivity index (χ0v) is 12.2. The van der Waals surface area contributed by atoms with Crippen molar-refractivity contribution in [1.29, 1.82) is 0 Å². The van der Waals surface area contributed by atoms with Gasteiger partial charge in [0.05, 0.1) is 0 Å². The van der Waals surface area contributed by atoms with Gasteiger partial charge in [0.1, 0.15) is 11.3 Å². The van der Waals surface area contributed by atoms with Crippen molar-refractivity contribution < 1.29 is 0 Å². The topological polar surface area (TPSA) is 53.9 Å². The predicted molar refractivity (Wildman–Crippen MR) is 83.3 cm³/mol. The standard InChI is InChI=1S/C16H21N5/c1-2-13(17-7-1)11-21(10-12-3-4-12)15-6-5-14-16(20-15)19-9-8-18-14/h5-6,8-9,12-13,17H,1-4,7,10-11H2. The van der Waals surface area contributed by atoms with Crippen LogP contribution in [0.3, 0.4) is 0 Å². The first kappa shape index (κ1) is 13.0. The van der Waals surface area contributed by atoms with Gasteiger partial charge in [-0.2, -0.15) is 0 Å². The number of pyridine rings is 1. The van der Waals surface area contributed by atoms with Crippen LogP contribution in [-0.4, -0.2) is 40.6 Å². The van der Waals surface area contributed by atoms with Crippen LogP contribution in [0.5, 0.6) is 0 Å². The summed E-state index contributed by atoms with van der Waals surface area (Å²) in [5.74, 6) is 1.90.